The molecule has 0 saturated heterocycles. The Bertz CT molecular complexity index is 660. The van der Waals surface area contributed by atoms with Crippen LogP contribution in [0.4, 0.5) is 0 Å². The number of hydrogen-bond acceptors (Lipinski definition) is 4. The predicted molar refractivity (Wildman–Crippen MR) is 82.1 cm³/mol. The average Bonchev–Trinajstić information content (AvgIpc) is 2.84. The number of aromatic nitrogens is 2. The lowest BCUT2D eigenvalue weighted by Crippen LogP contribution is -2.08. The fourth-order valence-corrected chi connectivity index (χ4v) is 2.24. The van der Waals surface area contributed by atoms with E-state index in [1.165, 1.54) is 0 Å². The second-order valence-electron chi connectivity index (χ2n) is 5.07. The molecule has 21 heavy (non-hydrogen) atoms. The molecule has 5 nitrogen and oxygen atoms in total. The average molecular weight is 287 g/mol. The van der Waals surface area contributed by atoms with E-state index in [1.807, 2.05) is 42.8 Å². The maximum atomic E-state index is 8.97. The van der Waals surface area contributed by atoms with Gasteiger partial charge >= 0.3 is 0 Å². The van der Waals surface area contributed by atoms with Crippen LogP contribution in [0.5, 0.6) is 5.75 Å². The lowest BCUT2D eigenvalue weighted by Gasteiger charge is -2.12. The Kier molecular flexibility index (Phi) is 4.62. The highest BCUT2D eigenvalue weighted by Gasteiger charge is 2.10. The van der Waals surface area contributed by atoms with Gasteiger partial charge in [-0.1, -0.05) is 11.2 Å². The molecule has 0 radical (unpaired) electrons. The van der Waals surface area contributed by atoms with Gasteiger partial charge in [0.1, 0.15) is 12.4 Å². The predicted octanol–water partition coefficient (Wildman–Crippen LogP) is 3.30. The Hall–Kier alpha value is -2.30. The molecular formula is C16H21N3O2. The maximum absolute atomic E-state index is 8.97. The van der Waals surface area contributed by atoms with Gasteiger partial charge in [-0.15, -0.1) is 0 Å². The largest absolute Gasteiger partial charge is 0.487 e. The third kappa shape index (κ3) is 3.42. The zero-order valence-corrected chi connectivity index (χ0v) is 12.9. The van der Waals surface area contributed by atoms with Crippen LogP contribution in [0, 0.1) is 13.8 Å². The van der Waals surface area contributed by atoms with Crippen LogP contribution in [0.1, 0.15) is 36.4 Å². The zero-order valence-electron chi connectivity index (χ0n) is 12.9. The first kappa shape index (κ1) is 15.1. The molecule has 0 atom stereocenters. The molecule has 0 amide bonds. The molecule has 0 unspecified atom stereocenters. The van der Waals surface area contributed by atoms with Crippen LogP contribution in [0.15, 0.2) is 29.4 Å². The summed E-state index contributed by atoms with van der Waals surface area (Å²) in [7, 11) is 0. The van der Waals surface area contributed by atoms with Gasteiger partial charge in [0.15, 0.2) is 0 Å². The molecule has 1 aromatic heterocycles. The number of ether oxygens (including phenoxy) is 1. The summed E-state index contributed by atoms with van der Waals surface area (Å²) in [6.45, 7) is 9.02. The summed E-state index contributed by atoms with van der Waals surface area (Å²) in [4.78, 5) is 0. The second-order valence-corrected chi connectivity index (χ2v) is 5.07. The van der Waals surface area contributed by atoms with E-state index < -0.39 is 0 Å². The third-order valence-corrected chi connectivity index (χ3v) is 3.34. The molecule has 0 aliphatic rings. The highest BCUT2D eigenvalue weighted by atomic mass is 16.5. The van der Waals surface area contributed by atoms with E-state index in [2.05, 4.69) is 17.2 Å². The van der Waals surface area contributed by atoms with E-state index in [-0.39, 0.29) is 0 Å². The molecule has 2 rings (SSSR count). The van der Waals surface area contributed by atoms with Crippen molar-refractivity contribution in [3.05, 3.63) is 46.8 Å². The smallest absolute Gasteiger partial charge is 0.130 e. The van der Waals surface area contributed by atoms with Gasteiger partial charge < -0.3 is 9.94 Å². The van der Waals surface area contributed by atoms with Crippen LogP contribution >= 0.6 is 0 Å². The minimum Gasteiger partial charge on any atom is -0.487 e. The summed E-state index contributed by atoms with van der Waals surface area (Å²) in [5, 5.41) is 16.6. The molecule has 0 saturated carbocycles. The monoisotopic (exact) mass is 287 g/mol. The van der Waals surface area contributed by atoms with Gasteiger partial charge in [0.05, 0.1) is 17.1 Å². The molecule has 5 heteroatoms. The second kappa shape index (κ2) is 6.43. The van der Waals surface area contributed by atoms with Crippen LogP contribution in [0.2, 0.25) is 0 Å². The molecule has 0 spiro atoms. The minimum absolute atomic E-state index is 0.434. The third-order valence-electron chi connectivity index (χ3n) is 3.34. The van der Waals surface area contributed by atoms with Crippen molar-refractivity contribution >= 4 is 5.71 Å². The molecule has 0 fully saturated rings. The van der Waals surface area contributed by atoms with Crippen molar-refractivity contribution in [1.82, 2.24) is 9.78 Å². The molecule has 1 N–H and O–H groups in total. The van der Waals surface area contributed by atoms with Crippen molar-refractivity contribution in [2.24, 2.45) is 5.16 Å². The summed E-state index contributed by atoms with van der Waals surface area (Å²) >= 11 is 0. The van der Waals surface area contributed by atoms with E-state index in [4.69, 9.17) is 9.94 Å². The SMILES string of the molecule is CCn1nc(C)cc1COc1cc(C)ccc1C(C)=NO. The number of hydrogen-bond donors (Lipinski definition) is 1. The van der Waals surface area contributed by atoms with Crippen molar-refractivity contribution in [1.29, 1.82) is 0 Å². The molecule has 0 aliphatic heterocycles. The first-order valence-corrected chi connectivity index (χ1v) is 7.01. The van der Waals surface area contributed by atoms with E-state index in [1.54, 1.807) is 6.92 Å². The van der Waals surface area contributed by atoms with Crippen LogP contribution in [0.3, 0.4) is 0 Å². The zero-order chi connectivity index (χ0) is 15.4. The van der Waals surface area contributed by atoms with Gasteiger partial charge in [0, 0.05) is 12.1 Å². The van der Waals surface area contributed by atoms with Crippen molar-refractivity contribution < 1.29 is 9.94 Å². The number of benzene rings is 1. The summed E-state index contributed by atoms with van der Waals surface area (Å²) in [6, 6.07) is 7.84. The van der Waals surface area contributed by atoms with Crippen LogP contribution in [-0.2, 0) is 13.2 Å². The van der Waals surface area contributed by atoms with Gasteiger partial charge in [-0.2, -0.15) is 5.10 Å². The van der Waals surface area contributed by atoms with E-state index in [0.717, 1.165) is 29.1 Å². The van der Waals surface area contributed by atoms with Crippen LogP contribution in [-0.4, -0.2) is 20.7 Å². The quantitative estimate of drug-likeness (QED) is 0.521. The fourth-order valence-electron chi connectivity index (χ4n) is 2.24. The lowest BCUT2D eigenvalue weighted by atomic mass is 10.1. The summed E-state index contributed by atoms with van der Waals surface area (Å²) in [5.41, 5.74) is 4.43. The molecular weight excluding hydrogens is 266 g/mol. The standard InChI is InChI=1S/C16H21N3O2/c1-5-19-14(9-12(3)17-19)10-21-16-8-11(2)6-7-15(16)13(4)18-20/h6-9,20H,5,10H2,1-4H3. The summed E-state index contributed by atoms with van der Waals surface area (Å²) < 4.78 is 7.86. The number of oxime groups is 1. The van der Waals surface area contributed by atoms with Gasteiger partial charge in [-0.05, 0) is 51.5 Å². The summed E-state index contributed by atoms with van der Waals surface area (Å²) in [6.07, 6.45) is 0. The van der Waals surface area contributed by atoms with Gasteiger partial charge in [-0.25, -0.2) is 0 Å². The Balaban J connectivity index is 2.25. The van der Waals surface area contributed by atoms with E-state index in [9.17, 15) is 0 Å². The Morgan fingerprint density at radius 1 is 1.33 bits per heavy atom. The van der Waals surface area contributed by atoms with Crippen molar-refractivity contribution in [3.63, 3.8) is 0 Å². The molecule has 0 aliphatic carbocycles. The van der Waals surface area contributed by atoms with Gasteiger partial charge in [-0.3, -0.25) is 4.68 Å². The fraction of sp³-hybridized carbons (Fsp3) is 0.375. The first-order valence-electron chi connectivity index (χ1n) is 7.01. The topological polar surface area (TPSA) is 59.6 Å². The maximum Gasteiger partial charge on any atom is 0.130 e. The molecule has 0 bridgehead atoms. The molecule has 2 aromatic rings. The van der Waals surface area contributed by atoms with E-state index >= 15 is 0 Å². The van der Waals surface area contributed by atoms with Crippen molar-refractivity contribution in [2.45, 2.75) is 40.8 Å². The summed E-state index contributed by atoms with van der Waals surface area (Å²) in [5.74, 6) is 0.715. The number of aryl methyl sites for hydroxylation is 3. The number of nitrogens with zero attached hydrogens (tertiary/aromatic N) is 3. The van der Waals surface area contributed by atoms with Crippen molar-refractivity contribution in [3.8, 4) is 5.75 Å². The minimum atomic E-state index is 0.434. The van der Waals surface area contributed by atoms with E-state index in [0.29, 0.717) is 18.1 Å². The molecule has 1 aromatic carbocycles. The van der Waals surface area contributed by atoms with Gasteiger partial charge in [0.2, 0.25) is 0 Å². The highest BCUT2D eigenvalue weighted by Crippen LogP contribution is 2.22. The highest BCUT2D eigenvalue weighted by molar-refractivity contribution is 6.00. The Labute approximate surface area is 124 Å². The Morgan fingerprint density at radius 3 is 2.76 bits per heavy atom. The number of rotatable bonds is 5. The Morgan fingerprint density at radius 2 is 2.10 bits per heavy atom. The van der Waals surface area contributed by atoms with Gasteiger partial charge in [0.25, 0.3) is 0 Å². The first-order chi connectivity index (χ1) is 10.0. The lowest BCUT2D eigenvalue weighted by molar-refractivity contribution is 0.290. The normalized spacial score (nSPS) is 11.7. The van der Waals surface area contributed by atoms with Crippen LogP contribution in [0.25, 0.3) is 0 Å². The molecule has 112 valence electrons. The molecule has 1 heterocycles. The van der Waals surface area contributed by atoms with Crippen molar-refractivity contribution in [2.75, 3.05) is 0 Å². The van der Waals surface area contributed by atoms with Crippen LogP contribution < -0.4 is 4.74 Å².